The van der Waals surface area contributed by atoms with Crippen LogP contribution in [0.4, 0.5) is 0 Å². The van der Waals surface area contributed by atoms with Gasteiger partial charge in [0.05, 0.1) is 0 Å². The van der Waals surface area contributed by atoms with Crippen LogP contribution in [0.1, 0.15) is 44.6 Å². The van der Waals surface area contributed by atoms with Gasteiger partial charge >= 0.3 is 0 Å². The van der Waals surface area contributed by atoms with Gasteiger partial charge in [0.15, 0.2) is 5.96 Å². The molecule has 1 aliphatic rings. The third-order valence-corrected chi connectivity index (χ3v) is 4.23. The molecule has 0 saturated heterocycles. The van der Waals surface area contributed by atoms with E-state index in [1.165, 1.54) is 31.2 Å². The first-order valence-corrected chi connectivity index (χ1v) is 7.82. The quantitative estimate of drug-likeness (QED) is 0.434. The van der Waals surface area contributed by atoms with Crippen LogP contribution in [0.3, 0.4) is 0 Å². The average Bonchev–Trinajstić information content (AvgIpc) is 2.93. The molecule has 0 unspecified atom stereocenters. The normalized spacial score (nSPS) is 17.3. The maximum absolute atomic E-state index is 5.93. The second-order valence-electron chi connectivity index (χ2n) is 6.00. The van der Waals surface area contributed by atoms with Gasteiger partial charge < -0.3 is 11.1 Å². The predicted octanol–water partition coefficient (Wildman–Crippen LogP) is 3.72. The molecule has 1 aromatic carbocycles. The van der Waals surface area contributed by atoms with Crippen molar-refractivity contribution in [1.29, 1.82) is 0 Å². The molecule has 1 aromatic rings. The number of aliphatic imine (C=N–C) groups is 1. The molecule has 3 nitrogen and oxygen atoms in total. The SMILES string of the molecule is CCCNC(N)=NCC1(Cc2ccccc2)CCCC1.I. The fourth-order valence-corrected chi connectivity index (χ4v) is 3.11. The van der Waals surface area contributed by atoms with Gasteiger partial charge in [0.25, 0.3) is 0 Å². The zero-order valence-corrected chi connectivity index (χ0v) is 15.3. The Kier molecular flexibility index (Phi) is 8.07. The molecule has 0 amide bonds. The van der Waals surface area contributed by atoms with Gasteiger partial charge in [-0.15, -0.1) is 24.0 Å². The highest BCUT2D eigenvalue weighted by molar-refractivity contribution is 14.0. The van der Waals surface area contributed by atoms with Crippen molar-refractivity contribution in [3.8, 4) is 0 Å². The summed E-state index contributed by atoms with van der Waals surface area (Å²) in [5, 5.41) is 3.17. The zero-order chi connectivity index (χ0) is 14.3. The fraction of sp³-hybridized carbons (Fsp3) is 0.588. The minimum Gasteiger partial charge on any atom is -0.370 e. The van der Waals surface area contributed by atoms with E-state index in [2.05, 4.69) is 47.6 Å². The van der Waals surface area contributed by atoms with Crippen molar-refractivity contribution in [1.82, 2.24) is 5.32 Å². The van der Waals surface area contributed by atoms with Gasteiger partial charge in [-0.25, -0.2) is 0 Å². The van der Waals surface area contributed by atoms with Gasteiger partial charge in [0.2, 0.25) is 0 Å². The molecule has 3 N–H and O–H groups in total. The number of nitrogens with zero attached hydrogens (tertiary/aromatic N) is 1. The summed E-state index contributed by atoms with van der Waals surface area (Å²) in [5.41, 5.74) is 7.67. The molecular formula is C17H28IN3. The summed E-state index contributed by atoms with van der Waals surface area (Å²) >= 11 is 0. The Bertz CT molecular complexity index is 425. The summed E-state index contributed by atoms with van der Waals surface area (Å²) < 4.78 is 0. The number of benzene rings is 1. The number of hydrogen-bond donors (Lipinski definition) is 2. The Morgan fingerprint density at radius 3 is 2.52 bits per heavy atom. The minimum atomic E-state index is 0. The summed E-state index contributed by atoms with van der Waals surface area (Å²) in [7, 11) is 0. The van der Waals surface area contributed by atoms with Gasteiger partial charge in [-0.2, -0.15) is 0 Å². The number of guanidine groups is 1. The number of nitrogens with two attached hydrogens (primary N) is 1. The first-order chi connectivity index (χ1) is 9.74. The number of nitrogens with one attached hydrogen (secondary N) is 1. The van der Waals surface area contributed by atoms with Crippen molar-refractivity contribution in [2.75, 3.05) is 13.1 Å². The summed E-state index contributed by atoms with van der Waals surface area (Å²) in [6.45, 7) is 3.89. The molecule has 0 bridgehead atoms. The maximum atomic E-state index is 5.93. The number of hydrogen-bond acceptors (Lipinski definition) is 1. The molecule has 0 aromatic heterocycles. The van der Waals surface area contributed by atoms with Gasteiger partial charge in [-0.3, -0.25) is 4.99 Å². The molecule has 2 rings (SSSR count). The Labute approximate surface area is 145 Å². The average molecular weight is 401 g/mol. The Balaban J connectivity index is 0.00000220. The van der Waals surface area contributed by atoms with E-state index >= 15 is 0 Å². The van der Waals surface area contributed by atoms with Crippen molar-refractivity contribution in [2.45, 2.75) is 45.4 Å². The van der Waals surface area contributed by atoms with E-state index in [1.54, 1.807) is 0 Å². The second kappa shape index (κ2) is 9.28. The molecule has 4 heteroatoms. The Morgan fingerprint density at radius 1 is 1.24 bits per heavy atom. The summed E-state index contributed by atoms with van der Waals surface area (Å²) in [6, 6.07) is 10.8. The second-order valence-corrected chi connectivity index (χ2v) is 6.00. The zero-order valence-electron chi connectivity index (χ0n) is 13.0. The van der Waals surface area contributed by atoms with Crippen molar-refractivity contribution in [3.05, 3.63) is 35.9 Å². The van der Waals surface area contributed by atoms with E-state index in [4.69, 9.17) is 5.73 Å². The van der Waals surface area contributed by atoms with E-state index in [9.17, 15) is 0 Å². The predicted molar refractivity (Wildman–Crippen MR) is 101 cm³/mol. The Morgan fingerprint density at radius 2 is 1.90 bits per heavy atom. The minimum absolute atomic E-state index is 0. The molecule has 118 valence electrons. The summed E-state index contributed by atoms with van der Waals surface area (Å²) in [5.74, 6) is 0.603. The summed E-state index contributed by atoms with van der Waals surface area (Å²) in [6.07, 6.45) is 7.39. The monoisotopic (exact) mass is 401 g/mol. The highest BCUT2D eigenvalue weighted by Crippen LogP contribution is 2.41. The lowest BCUT2D eigenvalue weighted by atomic mass is 9.80. The van der Waals surface area contributed by atoms with Crippen LogP contribution in [0.5, 0.6) is 0 Å². The van der Waals surface area contributed by atoms with Crippen molar-refractivity contribution < 1.29 is 0 Å². The molecule has 0 heterocycles. The lowest BCUT2D eigenvalue weighted by Gasteiger charge is -2.27. The van der Waals surface area contributed by atoms with Gasteiger partial charge in [-0.1, -0.05) is 50.1 Å². The topological polar surface area (TPSA) is 50.4 Å². The molecule has 0 aliphatic heterocycles. The number of rotatable bonds is 6. The third kappa shape index (κ3) is 5.85. The van der Waals surface area contributed by atoms with Crippen molar-refractivity contribution in [3.63, 3.8) is 0 Å². The summed E-state index contributed by atoms with van der Waals surface area (Å²) in [4.78, 5) is 4.60. The van der Waals surface area contributed by atoms with E-state index in [0.717, 1.165) is 25.9 Å². The smallest absolute Gasteiger partial charge is 0.188 e. The highest BCUT2D eigenvalue weighted by atomic mass is 127. The molecular weight excluding hydrogens is 373 g/mol. The van der Waals surface area contributed by atoms with Crippen molar-refractivity contribution in [2.24, 2.45) is 16.1 Å². The fourth-order valence-electron chi connectivity index (χ4n) is 3.11. The Hall–Kier alpha value is -0.780. The van der Waals surface area contributed by atoms with Crippen LogP contribution in [0.25, 0.3) is 0 Å². The lowest BCUT2D eigenvalue weighted by molar-refractivity contribution is 0.307. The van der Waals surface area contributed by atoms with Crippen molar-refractivity contribution >= 4 is 29.9 Å². The maximum Gasteiger partial charge on any atom is 0.188 e. The molecule has 1 saturated carbocycles. The molecule has 1 fully saturated rings. The number of halogens is 1. The first-order valence-electron chi connectivity index (χ1n) is 7.82. The third-order valence-electron chi connectivity index (χ3n) is 4.23. The molecule has 0 atom stereocenters. The standard InChI is InChI=1S/C17H27N3.HI/c1-2-12-19-16(18)20-14-17(10-6-7-11-17)13-15-8-4-3-5-9-15;/h3-5,8-9H,2,6-7,10-14H2,1H3,(H3,18,19,20);1H. The van der Waals surface area contributed by atoms with Gasteiger partial charge in [-0.05, 0) is 36.7 Å². The van der Waals surface area contributed by atoms with Crippen LogP contribution in [0, 0.1) is 5.41 Å². The molecule has 21 heavy (non-hydrogen) atoms. The highest BCUT2D eigenvalue weighted by Gasteiger charge is 2.33. The van der Waals surface area contributed by atoms with E-state index in [1.807, 2.05) is 0 Å². The van der Waals surface area contributed by atoms with Crippen LogP contribution in [0.15, 0.2) is 35.3 Å². The van der Waals surface area contributed by atoms with E-state index in [0.29, 0.717) is 11.4 Å². The molecule has 0 spiro atoms. The van der Waals surface area contributed by atoms with Gasteiger partial charge in [0, 0.05) is 13.1 Å². The van der Waals surface area contributed by atoms with E-state index in [-0.39, 0.29) is 24.0 Å². The van der Waals surface area contributed by atoms with E-state index < -0.39 is 0 Å². The van der Waals surface area contributed by atoms with Gasteiger partial charge in [0.1, 0.15) is 0 Å². The van der Waals surface area contributed by atoms with Crippen LogP contribution in [-0.2, 0) is 6.42 Å². The van der Waals surface area contributed by atoms with Crippen LogP contribution in [0.2, 0.25) is 0 Å². The molecule has 0 radical (unpaired) electrons. The van der Waals surface area contributed by atoms with Crippen LogP contribution < -0.4 is 11.1 Å². The lowest BCUT2D eigenvalue weighted by Crippen LogP contribution is -2.34. The van der Waals surface area contributed by atoms with Crippen LogP contribution >= 0.6 is 24.0 Å². The largest absolute Gasteiger partial charge is 0.370 e. The first kappa shape index (κ1) is 18.3. The van der Waals surface area contributed by atoms with Crippen LogP contribution in [-0.4, -0.2) is 19.0 Å². The molecule has 1 aliphatic carbocycles.